The van der Waals surface area contributed by atoms with Gasteiger partial charge in [-0.1, -0.05) is 22.8 Å². The molecule has 20 heavy (non-hydrogen) atoms. The van der Waals surface area contributed by atoms with Gasteiger partial charge in [0.05, 0.1) is 0 Å². The molecule has 1 aromatic heterocycles. The monoisotopic (exact) mass is 317 g/mol. The van der Waals surface area contributed by atoms with Crippen molar-refractivity contribution in [1.82, 2.24) is 15.5 Å². The SMILES string of the molecule is CNC(C)Cc1noc(COc2cccc(Cl)c2)n1.Cl. The van der Waals surface area contributed by atoms with Crippen LogP contribution in [0.1, 0.15) is 18.6 Å². The summed E-state index contributed by atoms with van der Waals surface area (Å²) >= 11 is 5.87. The molecule has 0 fully saturated rings. The molecule has 0 aliphatic carbocycles. The fourth-order valence-corrected chi connectivity index (χ4v) is 1.69. The molecule has 0 bridgehead atoms. The van der Waals surface area contributed by atoms with Gasteiger partial charge in [-0.3, -0.25) is 0 Å². The summed E-state index contributed by atoms with van der Waals surface area (Å²) in [5.74, 6) is 1.81. The zero-order valence-electron chi connectivity index (χ0n) is 11.3. The van der Waals surface area contributed by atoms with Crippen molar-refractivity contribution in [1.29, 1.82) is 0 Å². The molecule has 0 aliphatic rings. The second-order valence-electron chi connectivity index (χ2n) is 4.24. The lowest BCUT2D eigenvalue weighted by molar-refractivity contribution is 0.242. The number of ether oxygens (including phenoxy) is 1. The molecular formula is C13H17Cl2N3O2. The van der Waals surface area contributed by atoms with Crippen LogP contribution in [0, 0.1) is 0 Å². The summed E-state index contributed by atoms with van der Waals surface area (Å²) in [6, 6.07) is 7.48. The van der Waals surface area contributed by atoms with Crippen LogP contribution in [0.3, 0.4) is 0 Å². The first-order valence-corrected chi connectivity index (χ1v) is 6.42. The maximum atomic E-state index is 5.87. The van der Waals surface area contributed by atoms with Crippen molar-refractivity contribution in [3.8, 4) is 5.75 Å². The Labute approximate surface area is 129 Å². The molecule has 0 saturated carbocycles. The summed E-state index contributed by atoms with van der Waals surface area (Å²) in [5, 5.41) is 7.65. The summed E-state index contributed by atoms with van der Waals surface area (Å²) in [5.41, 5.74) is 0. The molecular weight excluding hydrogens is 301 g/mol. The number of hydrogen-bond donors (Lipinski definition) is 1. The van der Waals surface area contributed by atoms with Crippen molar-refractivity contribution in [2.45, 2.75) is 26.0 Å². The van der Waals surface area contributed by atoms with Crippen LogP contribution in [-0.4, -0.2) is 23.2 Å². The predicted molar refractivity (Wildman–Crippen MR) is 79.6 cm³/mol. The molecule has 1 N–H and O–H groups in total. The summed E-state index contributed by atoms with van der Waals surface area (Å²) in [6.07, 6.45) is 0.719. The van der Waals surface area contributed by atoms with Gasteiger partial charge in [-0.05, 0) is 32.2 Å². The highest BCUT2D eigenvalue weighted by molar-refractivity contribution is 6.30. The number of likely N-dealkylation sites (N-methyl/N-ethyl adjacent to an activating group) is 1. The van der Waals surface area contributed by atoms with Gasteiger partial charge in [0.15, 0.2) is 12.4 Å². The predicted octanol–water partition coefficient (Wildman–Crippen LogP) is 2.87. The zero-order valence-corrected chi connectivity index (χ0v) is 12.9. The maximum Gasteiger partial charge on any atom is 0.264 e. The van der Waals surface area contributed by atoms with Gasteiger partial charge in [0.1, 0.15) is 5.75 Å². The van der Waals surface area contributed by atoms with Crippen LogP contribution in [-0.2, 0) is 13.0 Å². The molecule has 0 aliphatic heterocycles. The van der Waals surface area contributed by atoms with E-state index in [9.17, 15) is 0 Å². The van der Waals surface area contributed by atoms with Gasteiger partial charge >= 0.3 is 0 Å². The molecule has 2 aromatic rings. The molecule has 110 valence electrons. The molecule has 1 aromatic carbocycles. The highest BCUT2D eigenvalue weighted by atomic mass is 35.5. The Kier molecular flexibility index (Phi) is 6.78. The first kappa shape index (κ1) is 16.8. The number of nitrogens with one attached hydrogen (secondary N) is 1. The number of aromatic nitrogens is 2. The summed E-state index contributed by atoms with van der Waals surface area (Å²) in [7, 11) is 1.90. The summed E-state index contributed by atoms with van der Waals surface area (Å²) in [6.45, 7) is 2.29. The van der Waals surface area contributed by atoms with E-state index >= 15 is 0 Å². The van der Waals surface area contributed by atoms with Crippen molar-refractivity contribution in [3.05, 3.63) is 41.0 Å². The van der Waals surface area contributed by atoms with E-state index in [4.69, 9.17) is 20.9 Å². The van der Waals surface area contributed by atoms with Gasteiger partial charge in [-0.25, -0.2) is 0 Å². The van der Waals surface area contributed by atoms with Crippen LogP contribution in [0.2, 0.25) is 5.02 Å². The van der Waals surface area contributed by atoms with Crippen molar-refractivity contribution in [2.24, 2.45) is 0 Å². The minimum absolute atomic E-state index is 0. The Balaban J connectivity index is 0.00000200. The Morgan fingerprint density at radius 2 is 2.25 bits per heavy atom. The van der Waals surface area contributed by atoms with E-state index in [1.165, 1.54) is 0 Å². The van der Waals surface area contributed by atoms with Crippen LogP contribution in [0.5, 0.6) is 5.75 Å². The second-order valence-corrected chi connectivity index (χ2v) is 4.68. The Morgan fingerprint density at radius 3 is 2.95 bits per heavy atom. The highest BCUT2D eigenvalue weighted by Gasteiger charge is 2.09. The first-order valence-electron chi connectivity index (χ1n) is 6.04. The molecule has 1 unspecified atom stereocenters. The number of halogens is 2. The minimum Gasteiger partial charge on any atom is -0.484 e. The highest BCUT2D eigenvalue weighted by Crippen LogP contribution is 2.18. The zero-order chi connectivity index (χ0) is 13.7. The van der Waals surface area contributed by atoms with Crippen LogP contribution in [0.4, 0.5) is 0 Å². The van der Waals surface area contributed by atoms with Crippen LogP contribution >= 0.6 is 24.0 Å². The standard InChI is InChI=1S/C13H16ClN3O2.ClH/c1-9(15-2)6-12-16-13(19-17-12)8-18-11-5-3-4-10(14)7-11;/h3-5,7,9,15H,6,8H2,1-2H3;1H. The Hall–Kier alpha value is -1.30. The van der Waals surface area contributed by atoms with Gasteiger partial charge in [0.25, 0.3) is 5.89 Å². The smallest absolute Gasteiger partial charge is 0.264 e. The van der Waals surface area contributed by atoms with E-state index in [-0.39, 0.29) is 19.0 Å². The third-order valence-electron chi connectivity index (χ3n) is 2.65. The molecule has 0 radical (unpaired) electrons. The first-order chi connectivity index (χ1) is 9.17. The molecule has 5 nitrogen and oxygen atoms in total. The second kappa shape index (κ2) is 8.09. The largest absolute Gasteiger partial charge is 0.484 e. The maximum absolute atomic E-state index is 5.87. The average Bonchev–Trinajstić information content (AvgIpc) is 2.84. The van der Waals surface area contributed by atoms with Crippen LogP contribution < -0.4 is 10.1 Å². The Bertz CT molecular complexity index is 534. The quantitative estimate of drug-likeness (QED) is 0.887. The van der Waals surface area contributed by atoms with Crippen LogP contribution in [0.15, 0.2) is 28.8 Å². The van der Waals surface area contributed by atoms with Gasteiger partial charge in [0.2, 0.25) is 0 Å². The van der Waals surface area contributed by atoms with Gasteiger partial charge in [0, 0.05) is 17.5 Å². The van der Waals surface area contributed by atoms with E-state index < -0.39 is 0 Å². The normalized spacial score (nSPS) is 11.8. The third kappa shape index (κ3) is 5.00. The summed E-state index contributed by atoms with van der Waals surface area (Å²) < 4.78 is 10.6. The average molecular weight is 318 g/mol. The molecule has 0 amide bonds. The van der Waals surface area contributed by atoms with E-state index in [1.54, 1.807) is 12.1 Å². The molecule has 2 rings (SSSR count). The molecule has 1 atom stereocenters. The van der Waals surface area contributed by atoms with Gasteiger partial charge in [-0.15, -0.1) is 12.4 Å². The van der Waals surface area contributed by atoms with Crippen molar-refractivity contribution in [3.63, 3.8) is 0 Å². The number of hydrogen-bond acceptors (Lipinski definition) is 5. The third-order valence-corrected chi connectivity index (χ3v) is 2.89. The van der Waals surface area contributed by atoms with E-state index in [2.05, 4.69) is 22.4 Å². The number of benzene rings is 1. The van der Waals surface area contributed by atoms with Crippen molar-refractivity contribution >= 4 is 24.0 Å². The molecule has 0 spiro atoms. The minimum atomic E-state index is 0. The Morgan fingerprint density at radius 1 is 1.45 bits per heavy atom. The fraction of sp³-hybridized carbons (Fsp3) is 0.385. The number of rotatable bonds is 6. The fourth-order valence-electron chi connectivity index (χ4n) is 1.51. The molecule has 1 heterocycles. The van der Waals surface area contributed by atoms with Crippen LogP contribution in [0.25, 0.3) is 0 Å². The van der Waals surface area contributed by atoms with E-state index in [0.29, 0.717) is 28.5 Å². The number of nitrogens with zero attached hydrogens (tertiary/aromatic N) is 2. The lowest BCUT2D eigenvalue weighted by Gasteiger charge is -2.04. The molecule has 0 saturated heterocycles. The van der Waals surface area contributed by atoms with Gasteiger partial charge in [-0.2, -0.15) is 4.98 Å². The lowest BCUT2D eigenvalue weighted by Crippen LogP contribution is -2.24. The summed E-state index contributed by atoms with van der Waals surface area (Å²) in [4.78, 5) is 4.26. The molecule has 7 heteroatoms. The van der Waals surface area contributed by atoms with E-state index in [1.807, 2.05) is 19.2 Å². The van der Waals surface area contributed by atoms with Crippen molar-refractivity contribution in [2.75, 3.05) is 7.05 Å². The lowest BCUT2D eigenvalue weighted by atomic mass is 10.2. The van der Waals surface area contributed by atoms with E-state index in [0.717, 1.165) is 6.42 Å². The van der Waals surface area contributed by atoms with Crippen molar-refractivity contribution < 1.29 is 9.26 Å². The van der Waals surface area contributed by atoms with Gasteiger partial charge < -0.3 is 14.6 Å². The topological polar surface area (TPSA) is 60.2 Å².